The van der Waals surface area contributed by atoms with Crippen molar-refractivity contribution in [1.82, 2.24) is 0 Å². The van der Waals surface area contributed by atoms with E-state index in [1.807, 2.05) is 0 Å². The third-order valence-electron chi connectivity index (χ3n) is 2.65. The molecule has 0 spiro atoms. The fraction of sp³-hybridized carbons (Fsp3) is 0.0714. The zero-order chi connectivity index (χ0) is 14.7. The Kier molecular flexibility index (Phi) is 3.74. The van der Waals surface area contributed by atoms with Crippen LogP contribution in [0.25, 0.3) is 0 Å². The van der Waals surface area contributed by atoms with Gasteiger partial charge in [-0.2, -0.15) is 0 Å². The van der Waals surface area contributed by atoms with Gasteiger partial charge < -0.3 is 4.74 Å². The minimum atomic E-state index is -0.760. The maximum Gasteiger partial charge on any atom is 0.311 e. The molecule has 0 N–H and O–H groups in total. The Hall–Kier alpha value is -2.76. The first-order valence-electron chi connectivity index (χ1n) is 5.69. The second-order valence-corrected chi connectivity index (χ2v) is 4.11. The molecule has 0 unspecified atom stereocenters. The summed E-state index contributed by atoms with van der Waals surface area (Å²) < 4.78 is 18.9. The van der Waals surface area contributed by atoms with Gasteiger partial charge in [0.25, 0.3) is 0 Å². The number of aldehydes is 1. The molecule has 6 heteroatoms. The second kappa shape index (κ2) is 5.48. The molecule has 0 saturated carbocycles. The highest BCUT2D eigenvalue weighted by Gasteiger charge is 2.19. The monoisotopic (exact) mass is 275 g/mol. The van der Waals surface area contributed by atoms with Crippen molar-refractivity contribution in [1.29, 1.82) is 0 Å². The van der Waals surface area contributed by atoms with Gasteiger partial charge in [-0.05, 0) is 30.7 Å². The lowest BCUT2D eigenvalue weighted by atomic mass is 10.2. The number of nitro benzene ring substituents is 1. The third kappa shape index (κ3) is 2.64. The summed E-state index contributed by atoms with van der Waals surface area (Å²) in [4.78, 5) is 21.2. The second-order valence-electron chi connectivity index (χ2n) is 4.11. The van der Waals surface area contributed by atoms with Crippen LogP contribution in [0, 0.1) is 22.9 Å². The van der Waals surface area contributed by atoms with E-state index in [4.69, 9.17) is 4.74 Å². The molecule has 0 aliphatic heterocycles. The van der Waals surface area contributed by atoms with E-state index in [9.17, 15) is 19.3 Å². The Morgan fingerprint density at radius 1 is 1.30 bits per heavy atom. The minimum Gasteiger partial charge on any atom is -0.446 e. The highest BCUT2D eigenvalue weighted by Crippen LogP contribution is 2.34. The summed E-state index contributed by atoms with van der Waals surface area (Å²) in [7, 11) is 0. The van der Waals surface area contributed by atoms with Crippen molar-refractivity contribution in [3.8, 4) is 11.5 Å². The van der Waals surface area contributed by atoms with Crippen molar-refractivity contribution in [2.75, 3.05) is 0 Å². The Labute approximate surface area is 113 Å². The lowest BCUT2D eigenvalue weighted by Crippen LogP contribution is -1.98. The molecule has 102 valence electrons. The number of carbonyl (C=O) groups excluding carboxylic acids is 1. The van der Waals surface area contributed by atoms with Crippen LogP contribution >= 0.6 is 0 Å². The standard InChI is InChI=1S/C14H10FNO4/c1-9-5-6-13(12(7-9)16(18)19)20-14-10(8-17)3-2-4-11(14)15/h2-8H,1H3. The summed E-state index contributed by atoms with van der Waals surface area (Å²) in [6.07, 6.45) is 0.429. The van der Waals surface area contributed by atoms with Crippen molar-refractivity contribution in [2.45, 2.75) is 6.92 Å². The van der Waals surface area contributed by atoms with Gasteiger partial charge in [-0.25, -0.2) is 4.39 Å². The predicted octanol–water partition coefficient (Wildman–Crippen LogP) is 3.65. The van der Waals surface area contributed by atoms with Crippen LogP contribution in [-0.4, -0.2) is 11.2 Å². The summed E-state index contributed by atoms with van der Waals surface area (Å²) in [5.41, 5.74) is 0.373. The van der Waals surface area contributed by atoms with Crippen LogP contribution < -0.4 is 4.74 Å². The Morgan fingerprint density at radius 2 is 2.05 bits per heavy atom. The highest BCUT2D eigenvalue weighted by molar-refractivity contribution is 5.79. The van der Waals surface area contributed by atoms with Gasteiger partial charge in [0, 0.05) is 6.07 Å². The van der Waals surface area contributed by atoms with Crippen molar-refractivity contribution in [3.05, 3.63) is 63.5 Å². The Balaban J connectivity index is 2.50. The lowest BCUT2D eigenvalue weighted by Gasteiger charge is -2.09. The number of nitrogens with zero attached hydrogens (tertiary/aromatic N) is 1. The molecule has 5 nitrogen and oxygen atoms in total. The lowest BCUT2D eigenvalue weighted by molar-refractivity contribution is -0.385. The Bertz CT molecular complexity index is 685. The van der Waals surface area contributed by atoms with Gasteiger partial charge in [-0.3, -0.25) is 14.9 Å². The largest absolute Gasteiger partial charge is 0.446 e. The minimum absolute atomic E-state index is 0.0140. The normalized spacial score (nSPS) is 10.1. The quantitative estimate of drug-likeness (QED) is 0.485. The molecule has 0 aromatic heterocycles. The molecule has 0 atom stereocenters. The molecule has 0 aliphatic carbocycles. The van der Waals surface area contributed by atoms with Crippen LogP contribution in [0.15, 0.2) is 36.4 Å². The molecular formula is C14H10FNO4. The maximum atomic E-state index is 13.7. The van der Waals surface area contributed by atoms with E-state index < -0.39 is 10.7 Å². The summed E-state index contributed by atoms with van der Waals surface area (Å²) >= 11 is 0. The van der Waals surface area contributed by atoms with Crippen LogP contribution in [0.4, 0.5) is 10.1 Å². The smallest absolute Gasteiger partial charge is 0.311 e. The number of hydrogen-bond acceptors (Lipinski definition) is 4. The van der Waals surface area contributed by atoms with Gasteiger partial charge in [0.2, 0.25) is 5.75 Å². The molecule has 20 heavy (non-hydrogen) atoms. The van der Waals surface area contributed by atoms with E-state index in [-0.39, 0.29) is 22.7 Å². The zero-order valence-electron chi connectivity index (χ0n) is 10.5. The third-order valence-corrected chi connectivity index (χ3v) is 2.65. The first-order chi connectivity index (χ1) is 9.52. The van der Waals surface area contributed by atoms with Gasteiger partial charge in [-0.1, -0.05) is 12.1 Å². The number of nitro groups is 1. The zero-order valence-corrected chi connectivity index (χ0v) is 10.5. The average molecular weight is 275 g/mol. The topological polar surface area (TPSA) is 69.4 Å². The summed E-state index contributed by atoms with van der Waals surface area (Å²) in [6, 6.07) is 8.12. The van der Waals surface area contributed by atoms with Crippen molar-refractivity contribution < 1.29 is 18.8 Å². The maximum absolute atomic E-state index is 13.7. The molecule has 2 aromatic rings. The fourth-order valence-electron chi connectivity index (χ4n) is 1.69. The molecule has 0 saturated heterocycles. The van der Waals surface area contributed by atoms with Crippen LogP contribution in [0.2, 0.25) is 0 Å². The first kappa shape index (κ1) is 13.7. The number of para-hydroxylation sites is 1. The molecular weight excluding hydrogens is 265 g/mol. The summed E-state index contributed by atoms with van der Waals surface area (Å²) in [6.45, 7) is 1.69. The van der Waals surface area contributed by atoms with E-state index in [0.717, 1.165) is 6.07 Å². The predicted molar refractivity (Wildman–Crippen MR) is 69.7 cm³/mol. The number of rotatable bonds is 4. The SMILES string of the molecule is Cc1ccc(Oc2c(F)cccc2C=O)c([N+](=O)[O-])c1. The summed E-state index contributed by atoms with van der Waals surface area (Å²) in [5.74, 6) is -1.20. The number of benzene rings is 2. The molecule has 2 aromatic carbocycles. The van der Waals surface area contributed by atoms with Crippen LogP contribution in [0.5, 0.6) is 11.5 Å². The average Bonchev–Trinajstić information content (AvgIpc) is 2.42. The number of ether oxygens (including phenoxy) is 1. The van der Waals surface area contributed by atoms with E-state index in [1.165, 1.54) is 24.3 Å². The molecule has 0 fully saturated rings. The van der Waals surface area contributed by atoms with E-state index in [2.05, 4.69) is 0 Å². The van der Waals surface area contributed by atoms with E-state index >= 15 is 0 Å². The fourth-order valence-corrected chi connectivity index (χ4v) is 1.69. The van der Waals surface area contributed by atoms with Crippen LogP contribution in [0.1, 0.15) is 15.9 Å². The molecule has 2 rings (SSSR count). The molecule has 0 aliphatic rings. The van der Waals surface area contributed by atoms with Gasteiger partial charge >= 0.3 is 5.69 Å². The number of aryl methyl sites for hydroxylation is 1. The highest BCUT2D eigenvalue weighted by atomic mass is 19.1. The van der Waals surface area contributed by atoms with E-state index in [1.54, 1.807) is 13.0 Å². The van der Waals surface area contributed by atoms with Crippen molar-refractivity contribution >= 4 is 12.0 Å². The van der Waals surface area contributed by atoms with Gasteiger partial charge in [0.1, 0.15) is 0 Å². The van der Waals surface area contributed by atoms with Gasteiger partial charge in [0.15, 0.2) is 17.9 Å². The van der Waals surface area contributed by atoms with Gasteiger partial charge in [0.05, 0.1) is 10.5 Å². The first-order valence-corrected chi connectivity index (χ1v) is 5.69. The number of halogens is 1. The number of hydrogen-bond donors (Lipinski definition) is 0. The molecule has 0 heterocycles. The summed E-state index contributed by atoms with van der Waals surface area (Å²) in [5, 5.41) is 11.0. The van der Waals surface area contributed by atoms with Crippen molar-refractivity contribution in [3.63, 3.8) is 0 Å². The van der Waals surface area contributed by atoms with Crippen LogP contribution in [0.3, 0.4) is 0 Å². The molecule has 0 amide bonds. The number of carbonyl (C=O) groups is 1. The molecule has 0 bridgehead atoms. The molecule has 0 radical (unpaired) electrons. The van der Waals surface area contributed by atoms with E-state index in [0.29, 0.717) is 11.8 Å². The Morgan fingerprint density at radius 3 is 2.70 bits per heavy atom. The van der Waals surface area contributed by atoms with Gasteiger partial charge in [-0.15, -0.1) is 0 Å². The van der Waals surface area contributed by atoms with Crippen LogP contribution in [-0.2, 0) is 0 Å². The van der Waals surface area contributed by atoms with Crippen molar-refractivity contribution in [2.24, 2.45) is 0 Å².